The van der Waals surface area contributed by atoms with E-state index in [9.17, 15) is 13.2 Å². The van der Waals surface area contributed by atoms with Crippen LogP contribution < -0.4 is 5.73 Å². The Hall–Kier alpha value is -1.03. The number of halogens is 3. The first-order valence-corrected chi connectivity index (χ1v) is 3.48. The van der Waals surface area contributed by atoms with E-state index in [-0.39, 0.29) is 6.54 Å². The Bertz CT molecular complexity index is 263. The summed E-state index contributed by atoms with van der Waals surface area (Å²) in [4.78, 5) is 0. The molecule has 1 rings (SSSR count). The monoisotopic (exact) mass is 175 g/mol. The minimum Gasteiger partial charge on any atom is -0.330 e. The van der Waals surface area contributed by atoms with Crippen molar-refractivity contribution in [1.82, 2.24) is 0 Å². The fraction of sp³-hybridized carbons (Fsp3) is 0.250. The summed E-state index contributed by atoms with van der Waals surface area (Å²) in [7, 11) is 0. The van der Waals surface area contributed by atoms with E-state index in [0.29, 0.717) is 12.0 Å². The maximum atomic E-state index is 12.5. The molecule has 0 bridgehead atoms. The van der Waals surface area contributed by atoms with Crippen LogP contribution in [-0.2, 0) is 6.42 Å². The third-order valence-electron chi connectivity index (χ3n) is 1.48. The standard InChI is InChI=1S/C8H8F3N/c9-6-3-5(1-2-12)4-7(10)8(6)11/h3-4H,1-2,12H2. The van der Waals surface area contributed by atoms with E-state index in [2.05, 4.69) is 0 Å². The van der Waals surface area contributed by atoms with Crippen molar-refractivity contribution >= 4 is 0 Å². The maximum absolute atomic E-state index is 12.5. The van der Waals surface area contributed by atoms with Crippen LogP contribution in [-0.4, -0.2) is 6.54 Å². The fourth-order valence-corrected chi connectivity index (χ4v) is 0.919. The van der Waals surface area contributed by atoms with Crippen LogP contribution in [0, 0.1) is 17.5 Å². The summed E-state index contributed by atoms with van der Waals surface area (Å²) in [5, 5.41) is 0. The quantitative estimate of drug-likeness (QED) is 0.679. The van der Waals surface area contributed by atoms with Gasteiger partial charge in [0.05, 0.1) is 0 Å². The minimum absolute atomic E-state index is 0.282. The first-order valence-electron chi connectivity index (χ1n) is 3.48. The first kappa shape index (κ1) is 9.06. The highest BCUT2D eigenvalue weighted by atomic mass is 19.2. The van der Waals surface area contributed by atoms with Crippen molar-refractivity contribution in [2.45, 2.75) is 6.42 Å². The summed E-state index contributed by atoms with van der Waals surface area (Å²) in [6.07, 6.45) is 0.341. The van der Waals surface area contributed by atoms with Crippen molar-refractivity contribution in [3.8, 4) is 0 Å². The van der Waals surface area contributed by atoms with Crippen LogP contribution in [0.25, 0.3) is 0 Å². The van der Waals surface area contributed by atoms with Gasteiger partial charge in [-0.05, 0) is 30.7 Å². The molecule has 0 aliphatic carbocycles. The van der Waals surface area contributed by atoms with E-state index < -0.39 is 17.5 Å². The van der Waals surface area contributed by atoms with Gasteiger partial charge in [0.25, 0.3) is 0 Å². The molecule has 0 radical (unpaired) electrons. The van der Waals surface area contributed by atoms with E-state index in [1.807, 2.05) is 0 Å². The third kappa shape index (κ3) is 1.76. The SMILES string of the molecule is NCCc1cc(F)c(F)c(F)c1. The Labute approximate surface area is 68.0 Å². The molecule has 1 aromatic carbocycles. The maximum Gasteiger partial charge on any atom is 0.194 e. The molecule has 12 heavy (non-hydrogen) atoms. The number of hydrogen-bond donors (Lipinski definition) is 1. The van der Waals surface area contributed by atoms with E-state index in [4.69, 9.17) is 5.73 Å². The Morgan fingerprint density at radius 3 is 2.00 bits per heavy atom. The zero-order chi connectivity index (χ0) is 9.14. The van der Waals surface area contributed by atoms with Crippen molar-refractivity contribution in [2.75, 3.05) is 6.54 Å². The van der Waals surface area contributed by atoms with Crippen molar-refractivity contribution < 1.29 is 13.2 Å². The van der Waals surface area contributed by atoms with E-state index in [1.54, 1.807) is 0 Å². The Morgan fingerprint density at radius 1 is 1.08 bits per heavy atom. The Morgan fingerprint density at radius 2 is 1.58 bits per heavy atom. The summed E-state index contributed by atoms with van der Waals surface area (Å²) < 4.78 is 37.4. The molecular formula is C8H8F3N. The Balaban J connectivity index is 3.04. The summed E-state index contributed by atoms with van der Waals surface area (Å²) in [5.74, 6) is -3.77. The van der Waals surface area contributed by atoms with Gasteiger partial charge in [0, 0.05) is 0 Å². The molecule has 4 heteroatoms. The van der Waals surface area contributed by atoms with Gasteiger partial charge in [-0.2, -0.15) is 0 Å². The second-order valence-corrected chi connectivity index (χ2v) is 2.41. The molecule has 0 atom stereocenters. The van der Waals surface area contributed by atoms with Crippen LogP contribution in [0.1, 0.15) is 5.56 Å². The van der Waals surface area contributed by atoms with E-state index >= 15 is 0 Å². The molecular weight excluding hydrogens is 167 g/mol. The molecule has 0 spiro atoms. The van der Waals surface area contributed by atoms with E-state index in [1.165, 1.54) is 0 Å². The summed E-state index contributed by atoms with van der Waals surface area (Å²) in [6.45, 7) is 0.282. The van der Waals surface area contributed by atoms with Crippen LogP contribution in [0.5, 0.6) is 0 Å². The van der Waals surface area contributed by atoms with E-state index in [0.717, 1.165) is 12.1 Å². The largest absolute Gasteiger partial charge is 0.330 e. The topological polar surface area (TPSA) is 26.0 Å². The van der Waals surface area contributed by atoms with Crippen LogP contribution >= 0.6 is 0 Å². The van der Waals surface area contributed by atoms with Gasteiger partial charge in [-0.3, -0.25) is 0 Å². The molecule has 0 amide bonds. The molecule has 0 unspecified atom stereocenters. The van der Waals surface area contributed by atoms with Gasteiger partial charge >= 0.3 is 0 Å². The lowest BCUT2D eigenvalue weighted by Crippen LogP contribution is -2.04. The molecule has 0 aliphatic heterocycles. The molecule has 0 aliphatic rings. The van der Waals surface area contributed by atoms with Gasteiger partial charge in [-0.1, -0.05) is 0 Å². The molecule has 66 valence electrons. The summed E-state index contributed by atoms with van der Waals surface area (Å²) in [6, 6.07) is 1.90. The number of rotatable bonds is 2. The summed E-state index contributed by atoms with van der Waals surface area (Å²) in [5.41, 5.74) is 5.53. The smallest absolute Gasteiger partial charge is 0.194 e. The van der Waals surface area contributed by atoms with Gasteiger partial charge in [0.1, 0.15) is 0 Å². The average molecular weight is 175 g/mol. The zero-order valence-electron chi connectivity index (χ0n) is 6.28. The lowest BCUT2D eigenvalue weighted by atomic mass is 10.1. The molecule has 2 N–H and O–H groups in total. The van der Waals surface area contributed by atoms with Crippen LogP contribution in [0.2, 0.25) is 0 Å². The Kier molecular flexibility index (Phi) is 2.70. The van der Waals surface area contributed by atoms with Crippen molar-refractivity contribution in [2.24, 2.45) is 5.73 Å². The predicted octanol–water partition coefficient (Wildman–Crippen LogP) is 1.61. The highest BCUT2D eigenvalue weighted by Crippen LogP contribution is 2.13. The number of benzene rings is 1. The molecule has 0 saturated heterocycles. The van der Waals surface area contributed by atoms with Crippen LogP contribution in [0.15, 0.2) is 12.1 Å². The number of hydrogen-bond acceptors (Lipinski definition) is 1. The van der Waals surface area contributed by atoms with Gasteiger partial charge in [-0.15, -0.1) is 0 Å². The van der Waals surface area contributed by atoms with Crippen LogP contribution in [0.3, 0.4) is 0 Å². The normalized spacial score (nSPS) is 10.3. The van der Waals surface area contributed by atoms with Crippen molar-refractivity contribution in [3.63, 3.8) is 0 Å². The van der Waals surface area contributed by atoms with Gasteiger partial charge in [0.2, 0.25) is 0 Å². The van der Waals surface area contributed by atoms with Gasteiger partial charge < -0.3 is 5.73 Å². The molecule has 1 aromatic rings. The number of nitrogens with two attached hydrogens (primary N) is 1. The highest BCUT2D eigenvalue weighted by molar-refractivity contribution is 5.19. The van der Waals surface area contributed by atoms with Gasteiger partial charge in [-0.25, -0.2) is 13.2 Å². The first-order chi connectivity index (χ1) is 5.65. The molecule has 0 aromatic heterocycles. The highest BCUT2D eigenvalue weighted by Gasteiger charge is 2.09. The molecule has 1 nitrogen and oxygen atoms in total. The van der Waals surface area contributed by atoms with Crippen molar-refractivity contribution in [3.05, 3.63) is 35.1 Å². The summed E-state index contributed by atoms with van der Waals surface area (Å²) >= 11 is 0. The van der Waals surface area contributed by atoms with Crippen molar-refractivity contribution in [1.29, 1.82) is 0 Å². The molecule has 0 saturated carbocycles. The third-order valence-corrected chi connectivity index (χ3v) is 1.48. The van der Waals surface area contributed by atoms with Gasteiger partial charge in [0.15, 0.2) is 17.5 Å². The molecule has 0 heterocycles. The molecule has 0 fully saturated rings. The zero-order valence-corrected chi connectivity index (χ0v) is 6.28. The second-order valence-electron chi connectivity index (χ2n) is 2.41. The predicted molar refractivity (Wildman–Crippen MR) is 39.1 cm³/mol. The second kappa shape index (κ2) is 3.58. The minimum atomic E-state index is -1.43. The lowest BCUT2D eigenvalue weighted by Gasteiger charge is -2.00. The van der Waals surface area contributed by atoms with Crippen LogP contribution in [0.4, 0.5) is 13.2 Å². The lowest BCUT2D eigenvalue weighted by molar-refractivity contribution is 0.445. The fourth-order valence-electron chi connectivity index (χ4n) is 0.919. The average Bonchev–Trinajstić information content (AvgIpc) is 2.01.